The minimum Gasteiger partial charge on any atom is -0.493 e. The number of ether oxygens (including phenoxy) is 1. The van der Waals surface area contributed by atoms with Crippen molar-refractivity contribution in [1.82, 2.24) is 10.2 Å². The second kappa shape index (κ2) is 13.8. The molecule has 0 radical (unpaired) electrons. The summed E-state index contributed by atoms with van der Waals surface area (Å²) in [5.41, 5.74) is 0.862. The van der Waals surface area contributed by atoms with Crippen LogP contribution in [-0.2, 0) is 4.79 Å². The topological polar surface area (TPSA) is 89.2 Å². The van der Waals surface area contributed by atoms with E-state index >= 15 is 0 Å². The number of nitrogens with zero attached hydrogens (tertiary/aromatic N) is 2. The van der Waals surface area contributed by atoms with Gasteiger partial charge in [-0.25, -0.2) is 0 Å². The van der Waals surface area contributed by atoms with Crippen molar-refractivity contribution in [3.63, 3.8) is 0 Å². The number of benzene rings is 1. The molecule has 1 fully saturated rings. The van der Waals surface area contributed by atoms with Crippen molar-refractivity contribution in [1.29, 1.82) is 0 Å². The molecule has 7 heteroatoms. The van der Waals surface area contributed by atoms with Gasteiger partial charge in [-0.15, -0.1) is 0 Å². The van der Waals surface area contributed by atoms with Crippen molar-refractivity contribution in [2.75, 3.05) is 26.2 Å². The number of carbonyl (C=O) groups excluding carboxylic acids is 1. The van der Waals surface area contributed by atoms with Crippen LogP contribution in [0.4, 0.5) is 0 Å². The normalized spacial score (nSPS) is 19.8. The maximum absolute atomic E-state index is 13.6. The Morgan fingerprint density at radius 2 is 2.06 bits per heavy atom. The molecule has 33 heavy (non-hydrogen) atoms. The van der Waals surface area contributed by atoms with E-state index in [-0.39, 0.29) is 23.8 Å². The van der Waals surface area contributed by atoms with E-state index in [1.807, 2.05) is 56.0 Å². The first-order valence-corrected chi connectivity index (χ1v) is 11.8. The molecule has 1 amide bonds. The number of nitrogens with one attached hydrogen (secondary N) is 1. The second-order valence-corrected chi connectivity index (χ2v) is 8.50. The quantitative estimate of drug-likeness (QED) is 0.301. The molecule has 3 N–H and O–H groups in total. The Hall–Kier alpha value is -2.64. The second-order valence-electron chi connectivity index (χ2n) is 8.50. The molecule has 182 valence electrons. The fraction of sp³-hybridized carbons (Fsp3) is 0.538. The smallest absolute Gasteiger partial charge is 0.247 e. The van der Waals surface area contributed by atoms with Crippen LogP contribution in [0.3, 0.4) is 0 Å². The number of nitrogens with two attached hydrogens (primary N) is 1. The zero-order chi connectivity index (χ0) is 24.2. The van der Waals surface area contributed by atoms with E-state index in [2.05, 4.69) is 30.2 Å². The minimum absolute atomic E-state index is 0.0520. The summed E-state index contributed by atoms with van der Waals surface area (Å²) in [6, 6.07) is 5.20. The molecule has 4 unspecified atom stereocenters. The average molecular weight is 457 g/mol. The van der Waals surface area contributed by atoms with Crippen LogP contribution in [-0.4, -0.2) is 55.3 Å². The number of rotatable bonds is 11. The molecule has 1 aliphatic rings. The number of piperazine rings is 1. The summed E-state index contributed by atoms with van der Waals surface area (Å²) in [5.74, 6) is 7.06. The molecular formula is C26H40N4O3. The monoisotopic (exact) mass is 456 g/mol. The highest BCUT2D eigenvalue weighted by atomic mass is 16.6. The molecule has 1 aromatic rings. The zero-order valence-corrected chi connectivity index (χ0v) is 20.7. The molecule has 1 saturated heterocycles. The predicted octanol–water partition coefficient (Wildman–Crippen LogP) is 3.68. The van der Waals surface area contributed by atoms with Gasteiger partial charge in [-0.3, -0.25) is 9.79 Å². The van der Waals surface area contributed by atoms with E-state index < -0.39 is 6.04 Å². The zero-order valence-electron chi connectivity index (χ0n) is 20.7. The lowest BCUT2D eigenvalue weighted by molar-refractivity contribution is -0.137. The molecule has 0 aliphatic carbocycles. The lowest BCUT2D eigenvalue weighted by atomic mass is 9.87. The van der Waals surface area contributed by atoms with Gasteiger partial charge in [0.2, 0.25) is 5.91 Å². The Balaban J connectivity index is 2.07. The summed E-state index contributed by atoms with van der Waals surface area (Å²) in [6.07, 6.45) is 10.6. The molecule has 0 aromatic heterocycles. The molecular weight excluding hydrogens is 416 g/mol. The number of hydrogen-bond donors (Lipinski definition) is 2. The van der Waals surface area contributed by atoms with Crippen LogP contribution < -0.4 is 20.8 Å². The number of aliphatic imine (C=N–C) groups is 1. The van der Waals surface area contributed by atoms with Crippen molar-refractivity contribution in [3.8, 4) is 11.5 Å². The fourth-order valence-corrected chi connectivity index (χ4v) is 4.06. The highest BCUT2D eigenvalue weighted by molar-refractivity contribution is 5.84. The predicted molar refractivity (Wildman–Crippen MR) is 135 cm³/mol. The van der Waals surface area contributed by atoms with Gasteiger partial charge in [0.1, 0.15) is 11.8 Å². The summed E-state index contributed by atoms with van der Waals surface area (Å²) < 4.78 is 6.01. The Bertz CT molecular complexity index is 837. The van der Waals surface area contributed by atoms with Crippen molar-refractivity contribution in [2.24, 2.45) is 22.7 Å². The first kappa shape index (κ1) is 26.6. The Morgan fingerprint density at radius 3 is 2.76 bits per heavy atom. The molecule has 7 nitrogen and oxygen atoms in total. The van der Waals surface area contributed by atoms with Gasteiger partial charge in [-0.1, -0.05) is 44.2 Å². The third-order valence-corrected chi connectivity index (χ3v) is 6.31. The van der Waals surface area contributed by atoms with Crippen LogP contribution in [0, 0.1) is 18.8 Å². The van der Waals surface area contributed by atoms with Crippen molar-refractivity contribution < 1.29 is 14.4 Å². The highest BCUT2D eigenvalue weighted by Crippen LogP contribution is 2.27. The van der Waals surface area contributed by atoms with Gasteiger partial charge in [0, 0.05) is 37.7 Å². The highest BCUT2D eigenvalue weighted by Gasteiger charge is 2.35. The Morgan fingerprint density at radius 1 is 1.30 bits per heavy atom. The van der Waals surface area contributed by atoms with Crippen LogP contribution >= 0.6 is 0 Å². The largest absolute Gasteiger partial charge is 0.493 e. The van der Waals surface area contributed by atoms with Gasteiger partial charge < -0.3 is 19.8 Å². The standard InChI is InChI=1S/C26H40N4O3/c1-6-8-9-11-19(3)20(4)25(29-7-2)26(31)30-16-15-28-18-22(30)14-17-32-23-12-10-13-24(33-27)21(23)5/h6-13,19-20,22,25,28H,14-18,27H2,1-5H3/b8-6-,11-9-,29-7?. The SMILES string of the molecule is CC=NC(C(=O)N1CCNCC1CCOc1cccc(ON)c1C)C(C)C(C)/C=C\C=C/C. The lowest BCUT2D eigenvalue weighted by Crippen LogP contribution is -2.57. The number of hydrogen-bond acceptors (Lipinski definition) is 6. The summed E-state index contributed by atoms with van der Waals surface area (Å²) >= 11 is 0. The maximum atomic E-state index is 13.6. The minimum atomic E-state index is -0.401. The van der Waals surface area contributed by atoms with Crippen LogP contribution in [0.15, 0.2) is 47.5 Å². The molecule has 1 aliphatic heterocycles. The molecule has 1 heterocycles. The molecule has 2 rings (SSSR count). The van der Waals surface area contributed by atoms with Gasteiger partial charge in [-0.2, -0.15) is 5.90 Å². The third-order valence-electron chi connectivity index (χ3n) is 6.31. The Labute approximate surface area is 198 Å². The summed E-state index contributed by atoms with van der Waals surface area (Å²) in [4.78, 5) is 25.1. The van der Waals surface area contributed by atoms with Crippen LogP contribution in [0.2, 0.25) is 0 Å². The Kier molecular flexibility index (Phi) is 11.1. The van der Waals surface area contributed by atoms with Gasteiger partial charge >= 0.3 is 0 Å². The van der Waals surface area contributed by atoms with Gasteiger partial charge in [0.05, 0.1) is 6.61 Å². The van der Waals surface area contributed by atoms with Crippen LogP contribution in [0.5, 0.6) is 11.5 Å². The van der Waals surface area contributed by atoms with Crippen LogP contribution in [0.25, 0.3) is 0 Å². The van der Waals surface area contributed by atoms with E-state index in [0.717, 1.165) is 30.8 Å². The van der Waals surface area contributed by atoms with Crippen LogP contribution in [0.1, 0.15) is 39.7 Å². The van der Waals surface area contributed by atoms with E-state index in [4.69, 9.17) is 15.5 Å². The first-order valence-electron chi connectivity index (χ1n) is 11.8. The third kappa shape index (κ3) is 7.44. The average Bonchev–Trinajstić information content (AvgIpc) is 2.83. The summed E-state index contributed by atoms with van der Waals surface area (Å²) in [7, 11) is 0. The van der Waals surface area contributed by atoms with E-state index in [1.165, 1.54) is 0 Å². The van der Waals surface area contributed by atoms with E-state index in [9.17, 15) is 4.79 Å². The molecule has 0 spiro atoms. The molecule has 4 atom stereocenters. The maximum Gasteiger partial charge on any atom is 0.247 e. The first-order chi connectivity index (χ1) is 15.9. The van der Waals surface area contributed by atoms with Crippen molar-refractivity contribution in [3.05, 3.63) is 48.1 Å². The van der Waals surface area contributed by atoms with Crippen molar-refractivity contribution in [2.45, 2.75) is 53.1 Å². The number of carbonyl (C=O) groups is 1. The molecule has 0 bridgehead atoms. The van der Waals surface area contributed by atoms with Gasteiger partial charge in [-0.05, 0) is 51.0 Å². The number of amides is 1. The summed E-state index contributed by atoms with van der Waals surface area (Å²) in [5, 5.41) is 3.41. The molecule has 0 saturated carbocycles. The van der Waals surface area contributed by atoms with Crippen molar-refractivity contribution >= 4 is 12.1 Å². The van der Waals surface area contributed by atoms with E-state index in [0.29, 0.717) is 18.9 Å². The number of allylic oxidation sites excluding steroid dienone is 4. The molecule has 1 aromatic carbocycles. The van der Waals surface area contributed by atoms with E-state index in [1.54, 1.807) is 12.3 Å². The van der Waals surface area contributed by atoms with Gasteiger partial charge in [0.25, 0.3) is 0 Å². The van der Waals surface area contributed by atoms with Gasteiger partial charge in [0.15, 0.2) is 5.75 Å². The fourth-order valence-electron chi connectivity index (χ4n) is 4.06. The summed E-state index contributed by atoms with van der Waals surface area (Å²) in [6.45, 7) is 12.7. The lowest BCUT2D eigenvalue weighted by Gasteiger charge is -2.39.